The summed E-state index contributed by atoms with van der Waals surface area (Å²) in [6, 6.07) is 7.40. The lowest BCUT2D eigenvalue weighted by Crippen LogP contribution is -2.46. The van der Waals surface area contributed by atoms with Gasteiger partial charge in [0.2, 0.25) is 0 Å². The molecule has 3 atom stereocenters. The van der Waals surface area contributed by atoms with Crippen LogP contribution in [0.3, 0.4) is 0 Å². The Bertz CT molecular complexity index is 418. The molecule has 1 aromatic rings. The average molecular weight is 279 g/mol. The first-order valence-corrected chi connectivity index (χ1v) is 7.44. The highest BCUT2D eigenvalue weighted by Gasteiger charge is 2.29. The van der Waals surface area contributed by atoms with Crippen molar-refractivity contribution in [1.82, 2.24) is 9.80 Å². The Labute approximate surface area is 121 Å². The molecule has 0 aromatic heterocycles. The molecule has 0 radical (unpaired) electrons. The van der Waals surface area contributed by atoms with Gasteiger partial charge in [-0.05, 0) is 51.6 Å². The molecule has 0 spiro atoms. The molecule has 4 heteroatoms. The molecule has 0 bridgehead atoms. The Kier molecular flexibility index (Phi) is 5.13. The van der Waals surface area contributed by atoms with E-state index in [1.807, 2.05) is 19.1 Å². The fourth-order valence-electron chi connectivity index (χ4n) is 3.26. The molecule has 1 aliphatic rings. The summed E-state index contributed by atoms with van der Waals surface area (Å²) in [5.41, 5.74) is 7.35. The second-order valence-electron chi connectivity index (χ2n) is 6.06. The van der Waals surface area contributed by atoms with Crippen LogP contribution in [0, 0.1) is 5.82 Å². The van der Waals surface area contributed by atoms with Gasteiger partial charge < -0.3 is 10.6 Å². The lowest BCUT2D eigenvalue weighted by atomic mass is 9.97. The maximum Gasteiger partial charge on any atom is 0.123 e. The van der Waals surface area contributed by atoms with Crippen molar-refractivity contribution in [3.05, 3.63) is 35.6 Å². The summed E-state index contributed by atoms with van der Waals surface area (Å²) in [7, 11) is 2.17. The maximum absolute atomic E-state index is 13.1. The van der Waals surface area contributed by atoms with E-state index in [4.69, 9.17) is 5.73 Å². The molecule has 20 heavy (non-hydrogen) atoms. The summed E-state index contributed by atoms with van der Waals surface area (Å²) < 4.78 is 13.1. The minimum atomic E-state index is -0.194. The number of rotatable bonds is 3. The number of hydrogen-bond donors (Lipinski definition) is 1. The molecule has 2 N–H and O–H groups in total. The van der Waals surface area contributed by atoms with Gasteiger partial charge in [-0.2, -0.15) is 0 Å². The second-order valence-corrected chi connectivity index (χ2v) is 6.06. The van der Waals surface area contributed by atoms with Crippen molar-refractivity contribution in [3.8, 4) is 0 Å². The lowest BCUT2D eigenvalue weighted by Gasteiger charge is -2.38. The van der Waals surface area contributed by atoms with Gasteiger partial charge >= 0.3 is 0 Å². The highest BCUT2D eigenvalue weighted by Crippen LogP contribution is 2.27. The molecule has 1 heterocycles. The van der Waals surface area contributed by atoms with Gasteiger partial charge in [0.15, 0.2) is 0 Å². The summed E-state index contributed by atoms with van der Waals surface area (Å²) in [6.07, 6.45) is 1.14. The summed E-state index contributed by atoms with van der Waals surface area (Å²) in [6.45, 7) is 7.49. The molecule has 2 rings (SSSR count). The number of benzene rings is 1. The van der Waals surface area contributed by atoms with E-state index in [9.17, 15) is 4.39 Å². The highest BCUT2D eigenvalue weighted by molar-refractivity contribution is 5.22. The van der Waals surface area contributed by atoms with Crippen LogP contribution in [0.5, 0.6) is 0 Å². The number of nitrogens with two attached hydrogens (primary N) is 1. The molecule has 3 nitrogen and oxygen atoms in total. The molecular weight excluding hydrogens is 253 g/mol. The van der Waals surface area contributed by atoms with Gasteiger partial charge in [0, 0.05) is 31.2 Å². The van der Waals surface area contributed by atoms with E-state index in [2.05, 4.69) is 23.8 Å². The zero-order chi connectivity index (χ0) is 14.7. The average Bonchev–Trinajstić information content (AvgIpc) is 2.54. The van der Waals surface area contributed by atoms with E-state index >= 15 is 0 Å². The van der Waals surface area contributed by atoms with Crippen LogP contribution >= 0.6 is 0 Å². The highest BCUT2D eigenvalue weighted by atomic mass is 19.1. The number of nitrogens with zero attached hydrogens (tertiary/aromatic N) is 2. The molecule has 1 aliphatic heterocycles. The second kappa shape index (κ2) is 6.66. The maximum atomic E-state index is 13.1. The summed E-state index contributed by atoms with van der Waals surface area (Å²) in [5, 5.41) is 0. The Morgan fingerprint density at radius 1 is 1.25 bits per heavy atom. The van der Waals surface area contributed by atoms with Gasteiger partial charge in [0.1, 0.15) is 5.82 Å². The van der Waals surface area contributed by atoms with Crippen molar-refractivity contribution in [2.24, 2.45) is 5.73 Å². The van der Waals surface area contributed by atoms with Crippen LogP contribution in [-0.4, -0.2) is 48.6 Å². The third-order valence-electron chi connectivity index (χ3n) is 4.17. The smallest absolute Gasteiger partial charge is 0.123 e. The molecule has 0 amide bonds. The van der Waals surface area contributed by atoms with E-state index in [1.165, 1.54) is 12.1 Å². The number of halogens is 1. The van der Waals surface area contributed by atoms with Crippen LogP contribution in [0.1, 0.15) is 31.9 Å². The van der Waals surface area contributed by atoms with Crippen LogP contribution in [-0.2, 0) is 0 Å². The number of likely N-dealkylation sites (N-methyl/N-ethyl adjacent to an activating group) is 1. The molecule has 1 aromatic carbocycles. The Morgan fingerprint density at radius 3 is 2.50 bits per heavy atom. The molecule has 0 aliphatic carbocycles. The van der Waals surface area contributed by atoms with Crippen molar-refractivity contribution in [2.75, 3.05) is 26.7 Å². The zero-order valence-corrected chi connectivity index (χ0v) is 12.7. The zero-order valence-electron chi connectivity index (χ0n) is 12.7. The van der Waals surface area contributed by atoms with E-state index in [0.29, 0.717) is 6.04 Å². The Hall–Kier alpha value is -0.970. The van der Waals surface area contributed by atoms with E-state index < -0.39 is 0 Å². The first-order valence-electron chi connectivity index (χ1n) is 7.44. The topological polar surface area (TPSA) is 32.5 Å². The first kappa shape index (κ1) is 15.4. The van der Waals surface area contributed by atoms with Crippen molar-refractivity contribution < 1.29 is 4.39 Å². The van der Waals surface area contributed by atoms with Gasteiger partial charge in [-0.15, -0.1) is 0 Å². The predicted molar refractivity (Wildman–Crippen MR) is 81.1 cm³/mol. The van der Waals surface area contributed by atoms with Crippen LogP contribution in [0.25, 0.3) is 0 Å². The van der Waals surface area contributed by atoms with Crippen molar-refractivity contribution >= 4 is 0 Å². The molecule has 112 valence electrons. The third kappa shape index (κ3) is 3.57. The molecule has 3 unspecified atom stereocenters. The fourth-order valence-corrected chi connectivity index (χ4v) is 3.26. The van der Waals surface area contributed by atoms with Gasteiger partial charge in [-0.25, -0.2) is 4.39 Å². The number of hydrogen-bond acceptors (Lipinski definition) is 3. The van der Waals surface area contributed by atoms with Crippen molar-refractivity contribution in [1.29, 1.82) is 0 Å². The van der Waals surface area contributed by atoms with Gasteiger partial charge in [0.25, 0.3) is 0 Å². The standard InChI is InChI=1S/C16H26FN3/c1-12-11-19(3)9-4-10-20(12)16(13(2)18)14-5-7-15(17)8-6-14/h5-8,12-13,16H,4,9-11,18H2,1-3H3. The minimum absolute atomic E-state index is 0.0197. The quantitative estimate of drug-likeness (QED) is 0.921. The van der Waals surface area contributed by atoms with Crippen LogP contribution in [0.4, 0.5) is 4.39 Å². The van der Waals surface area contributed by atoms with Crippen LogP contribution < -0.4 is 5.73 Å². The van der Waals surface area contributed by atoms with Crippen LogP contribution in [0.2, 0.25) is 0 Å². The lowest BCUT2D eigenvalue weighted by molar-refractivity contribution is 0.127. The molecule has 1 saturated heterocycles. The minimum Gasteiger partial charge on any atom is -0.326 e. The summed E-state index contributed by atoms with van der Waals surface area (Å²) >= 11 is 0. The summed E-state index contributed by atoms with van der Waals surface area (Å²) in [5.74, 6) is -0.194. The predicted octanol–water partition coefficient (Wildman–Crippen LogP) is 2.24. The van der Waals surface area contributed by atoms with E-state index in [0.717, 1.165) is 31.6 Å². The Morgan fingerprint density at radius 2 is 1.90 bits per heavy atom. The van der Waals surface area contributed by atoms with Crippen molar-refractivity contribution in [3.63, 3.8) is 0 Å². The molecule has 1 fully saturated rings. The van der Waals surface area contributed by atoms with Crippen LogP contribution in [0.15, 0.2) is 24.3 Å². The largest absolute Gasteiger partial charge is 0.326 e. The van der Waals surface area contributed by atoms with E-state index in [1.54, 1.807) is 0 Å². The molecule has 0 saturated carbocycles. The van der Waals surface area contributed by atoms with Gasteiger partial charge in [-0.3, -0.25) is 4.90 Å². The van der Waals surface area contributed by atoms with E-state index in [-0.39, 0.29) is 17.9 Å². The Balaban J connectivity index is 2.25. The van der Waals surface area contributed by atoms with Gasteiger partial charge in [-0.1, -0.05) is 12.1 Å². The van der Waals surface area contributed by atoms with Gasteiger partial charge in [0.05, 0.1) is 0 Å². The molecular formula is C16H26FN3. The fraction of sp³-hybridized carbons (Fsp3) is 0.625. The monoisotopic (exact) mass is 279 g/mol. The first-order chi connectivity index (χ1) is 9.49. The normalized spacial score (nSPS) is 25.1. The third-order valence-corrected chi connectivity index (χ3v) is 4.17. The van der Waals surface area contributed by atoms with Crippen molar-refractivity contribution in [2.45, 2.75) is 38.4 Å². The summed E-state index contributed by atoms with van der Waals surface area (Å²) in [4.78, 5) is 4.84. The SMILES string of the molecule is CC(N)C(c1ccc(F)cc1)N1CCCN(C)CC1C.